The van der Waals surface area contributed by atoms with Crippen molar-refractivity contribution in [1.82, 2.24) is 4.98 Å². The van der Waals surface area contributed by atoms with Gasteiger partial charge in [0.1, 0.15) is 0 Å². The van der Waals surface area contributed by atoms with Crippen LogP contribution >= 0.6 is 15.9 Å². The predicted molar refractivity (Wildman–Crippen MR) is 96.9 cm³/mol. The van der Waals surface area contributed by atoms with Gasteiger partial charge in [-0.05, 0) is 43.0 Å². The number of amides is 1. The molecule has 1 aromatic heterocycles. The van der Waals surface area contributed by atoms with Crippen LogP contribution in [-0.2, 0) is 0 Å². The summed E-state index contributed by atoms with van der Waals surface area (Å²) in [4.78, 5) is 19.0. The quantitative estimate of drug-likeness (QED) is 0.870. The first-order valence-corrected chi connectivity index (χ1v) is 8.68. The third-order valence-electron chi connectivity index (χ3n) is 4.22. The van der Waals surface area contributed by atoms with E-state index in [1.54, 1.807) is 6.20 Å². The first-order chi connectivity index (χ1) is 11.1. The van der Waals surface area contributed by atoms with Crippen LogP contribution in [0.1, 0.15) is 30.1 Å². The number of hydrogen-bond donors (Lipinski definition) is 1. The minimum atomic E-state index is -0.136. The summed E-state index contributed by atoms with van der Waals surface area (Å²) >= 11 is 3.41. The monoisotopic (exact) mass is 373 g/mol. The van der Waals surface area contributed by atoms with E-state index >= 15 is 0 Å². The minimum absolute atomic E-state index is 0.136. The fourth-order valence-corrected chi connectivity index (χ4v) is 3.16. The summed E-state index contributed by atoms with van der Waals surface area (Å²) in [6.07, 6.45) is 5.83. The van der Waals surface area contributed by atoms with Crippen LogP contribution in [0.25, 0.3) is 0 Å². The lowest BCUT2D eigenvalue weighted by molar-refractivity contribution is 0.102. The number of pyridine rings is 1. The van der Waals surface area contributed by atoms with Crippen molar-refractivity contribution >= 4 is 33.2 Å². The summed E-state index contributed by atoms with van der Waals surface area (Å²) in [5.74, 6) is 0.644. The highest BCUT2D eigenvalue weighted by Crippen LogP contribution is 2.23. The Kier molecular flexibility index (Phi) is 4.96. The van der Waals surface area contributed by atoms with Crippen LogP contribution in [-0.4, -0.2) is 24.0 Å². The maximum absolute atomic E-state index is 12.4. The molecule has 23 heavy (non-hydrogen) atoms. The van der Waals surface area contributed by atoms with E-state index in [0.29, 0.717) is 5.56 Å². The Balaban J connectivity index is 1.72. The summed E-state index contributed by atoms with van der Waals surface area (Å²) in [5.41, 5.74) is 2.38. The summed E-state index contributed by atoms with van der Waals surface area (Å²) in [6.45, 7) is 4.34. The van der Waals surface area contributed by atoms with Gasteiger partial charge in [0.15, 0.2) is 0 Å². The van der Waals surface area contributed by atoms with Crippen LogP contribution in [0.5, 0.6) is 0 Å². The SMILES string of the molecule is CC1CCN(c2cncc(C(=O)Nc3cccc(Br)c3)c2)CC1. The highest BCUT2D eigenvalue weighted by Gasteiger charge is 2.17. The van der Waals surface area contributed by atoms with E-state index in [0.717, 1.165) is 34.9 Å². The zero-order valence-corrected chi connectivity index (χ0v) is 14.7. The van der Waals surface area contributed by atoms with E-state index in [2.05, 4.69) is 38.1 Å². The topological polar surface area (TPSA) is 45.2 Å². The Hall–Kier alpha value is -1.88. The zero-order valence-electron chi connectivity index (χ0n) is 13.1. The van der Waals surface area contributed by atoms with E-state index in [1.807, 2.05) is 36.5 Å². The van der Waals surface area contributed by atoms with Crippen molar-refractivity contribution in [2.75, 3.05) is 23.3 Å². The Bertz CT molecular complexity index is 696. The van der Waals surface area contributed by atoms with Gasteiger partial charge in [0.25, 0.3) is 5.91 Å². The third kappa shape index (κ3) is 4.10. The molecule has 1 fully saturated rings. The molecule has 1 saturated heterocycles. The summed E-state index contributed by atoms with van der Waals surface area (Å²) in [7, 11) is 0. The van der Waals surface area contributed by atoms with Gasteiger partial charge < -0.3 is 10.2 Å². The van der Waals surface area contributed by atoms with Gasteiger partial charge in [-0.3, -0.25) is 9.78 Å². The van der Waals surface area contributed by atoms with Gasteiger partial charge >= 0.3 is 0 Å². The molecule has 2 heterocycles. The lowest BCUT2D eigenvalue weighted by atomic mass is 9.99. The highest BCUT2D eigenvalue weighted by molar-refractivity contribution is 9.10. The lowest BCUT2D eigenvalue weighted by Crippen LogP contribution is -2.33. The number of carbonyl (C=O) groups is 1. The molecule has 1 N–H and O–H groups in total. The van der Waals surface area contributed by atoms with Crippen LogP contribution in [0, 0.1) is 5.92 Å². The van der Waals surface area contributed by atoms with Crippen molar-refractivity contribution in [2.45, 2.75) is 19.8 Å². The van der Waals surface area contributed by atoms with Crippen molar-refractivity contribution in [2.24, 2.45) is 5.92 Å². The first kappa shape index (κ1) is 16.0. The van der Waals surface area contributed by atoms with Crippen LogP contribution in [0.2, 0.25) is 0 Å². The van der Waals surface area contributed by atoms with Crippen LogP contribution in [0.4, 0.5) is 11.4 Å². The maximum atomic E-state index is 12.4. The fraction of sp³-hybridized carbons (Fsp3) is 0.333. The average molecular weight is 374 g/mol. The zero-order chi connectivity index (χ0) is 16.2. The second kappa shape index (κ2) is 7.13. The standard InChI is InChI=1S/C18H20BrN3O/c1-13-5-7-22(8-6-13)17-9-14(11-20-12-17)18(23)21-16-4-2-3-15(19)10-16/h2-4,9-13H,5-8H2,1H3,(H,21,23). The molecule has 4 nitrogen and oxygen atoms in total. The van der Waals surface area contributed by atoms with Crippen molar-refractivity contribution in [3.8, 4) is 0 Å². The van der Waals surface area contributed by atoms with Gasteiger partial charge in [-0.1, -0.05) is 28.9 Å². The average Bonchev–Trinajstić information content (AvgIpc) is 2.56. The molecule has 0 bridgehead atoms. The molecule has 0 saturated carbocycles. The number of piperidine rings is 1. The van der Waals surface area contributed by atoms with Crippen molar-refractivity contribution in [3.05, 3.63) is 52.8 Å². The molecule has 0 atom stereocenters. The minimum Gasteiger partial charge on any atom is -0.370 e. The molecule has 120 valence electrons. The second-order valence-corrected chi connectivity index (χ2v) is 6.98. The number of hydrogen-bond acceptors (Lipinski definition) is 3. The fourth-order valence-electron chi connectivity index (χ4n) is 2.76. The first-order valence-electron chi connectivity index (χ1n) is 7.89. The molecule has 0 unspecified atom stereocenters. The molecule has 5 heteroatoms. The van der Waals surface area contributed by atoms with E-state index in [9.17, 15) is 4.79 Å². The number of nitrogens with one attached hydrogen (secondary N) is 1. The van der Waals surface area contributed by atoms with Gasteiger partial charge in [-0.25, -0.2) is 0 Å². The van der Waals surface area contributed by atoms with Gasteiger partial charge in [0.2, 0.25) is 0 Å². The highest BCUT2D eigenvalue weighted by atomic mass is 79.9. The molecule has 2 aromatic rings. The van der Waals surface area contributed by atoms with Gasteiger partial charge in [-0.2, -0.15) is 0 Å². The smallest absolute Gasteiger partial charge is 0.257 e. The molecule has 3 rings (SSSR count). The van der Waals surface area contributed by atoms with Gasteiger partial charge in [0, 0.05) is 29.4 Å². The van der Waals surface area contributed by atoms with Gasteiger partial charge in [0.05, 0.1) is 17.4 Å². The Morgan fingerprint density at radius 1 is 1.26 bits per heavy atom. The lowest BCUT2D eigenvalue weighted by Gasteiger charge is -2.32. The predicted octanol–water partition coefficient (Wildman–Crippen LogP) is 4.33. The Morgan fingerprint density at radius 2 is 2.04 bits per heavy atom. The molecule has 1 amide bonds. The van der Waals surface area contributed by atoms with E-state index in [-0.39, 0.29) is 5.91 Å². The van der Waals surface area contributed by atoms with Crippen LogP contribution in [0.15, 0.2) is 47.2 Å². The van der Waals surface area contributed by atoms with E-state index < -0.39 is 0 Å². The number of carbonyl (C=O) groups excluding carboxylic acids is 1. The summed E-state index contributed by atoms with van der Waals surface area (Å²) in [5, 5.41) is 2.91. The second-order valence-electron chi connectivity index (χ2n) is 6.07. The normalized spacial score (nSPS) is 15.5. The molecule has 1 aliphatic rings. The van der Waals surface area contributed by atoms with Crippen LogP contribution < -0.4 is 10.2 Å². The largest absolute Gasteiger partial charge is 0.370 e. The van der Waals surface area contributed by atoms with Crippen LogP contribution in [0.3, 0.4) is 0 Å². The Labute approximate surface area is 145 Å². The van der Waals surface area contributed by atoms with Crippen molar-refractivity contribution in [1.29, 1.82) is 0 Å². The molecular weight excluding hydrogens is 354 g/mol. The number of nitrogens with zero attached hydrogens (tertiary/aromatic N) is 2. The summed E-state index contributed by atoms with van der Waals surface area (Å²) in [6, 6.07) is 9.49. The van der Waals surface area contributed by atoms with E-state index in [1.165, 1.54) is 12.8 Å². The molecule has 0 spiro atoms. The number of rotatable bonds is 3. The van der Waals surface area contributed by atoms with Gasteiger partial charge in [-0.15, -0.1) is 0 Å². The van der Waals surface area contributed by atoms with Crippen molar-refractivity contribution < 1.29 is 4.79 Å². The molecule has 1 aliphatic heterocycles. The number of benzene rings is 1. The van der Waals surface area contributed by atoms with Crippen molar-refractivity contribution in [3.63, 3.8) is 0 Å². The molecule has 0 radical (unpaired) electrons. The molecule has 1 aromatic carbocycles. The molecular formula is C18H20BrN3O. The summed E-state index contributed by atoms with van der Waals surface area (Å²) < 4.78 is 0.935. The third-order valence-corrected chi connectivity index (χ3v) is 4.71. The Morgan fingerprint density at radius 3 is 2.78 bits per heavy atom. The number of anilines is 2. The number of halogens is 1. The molecule has 0 aliphatic carbocycles. The number of aromatic nitrogens is 1. The van der Waals surface area contributed by atoms with E-state index in [4.69, 9.17) is 0 Å². The maximum Gasteiger partial charge on any atom is 0.257 e.